The van der Waals surface area contributed by atoms with Crippen molar-refractivity contribution in [2.45, 2.75) is 38.9 Å². The highest BCUT2D eigenvalue weighted by atomic mass is 19.1. The van der Waals surface area contributed by atoms with Gasteiger partial charge in [-0.25, -0.2) is 14.1 Å². The van der Waals surface area contributed by atoms with Crippen LogP contribution in [0.5, 0.6) is 0 Å². The standard InChI is InChI=1S/C14H17FN4/c1-10-6-12(15)3-2-11(10)8-19-14(17-9-18-19)7-16-13-4-5-13/h2-3,6,9,13,16H,4-5,7-8H2,1H3. The van der Waals surface area contributed by atoms with E-state index in [1.807, 2.05) is 17.7 Å². The molecule has 0 amide bonds. The molecule has 1 heterocycles. The minimum absolute atomic E-state index is 0.199. The van der Waals surface area contributed by atoms with Crippen molar-refractivity contribution >= 4 is 0 Å². The smallest absolute Gasteiger partial charge is 0.141 e. The molecule has 1 saturated carbocycles. The maximum absolute atomic E-state index is 13.1. The van der Waals surface area contributed by atoms with Gasteiger partial charge in [-0.1, -0.05) is 6.07 Å². The Kier molecular flexibility index (Phi) is 3.29. The third-order valence-corrected chi connectivity index (χ3v) is 3.45. The minimum atomic E-state index is -0.199. The zero-order valence-corrected chi connectivity index (χ0v) is 10.9. The molecule has 0 bridgehead atoms. The van der Waals surface area contributed by atoms with E-state index < -0.39 is 0 Å². The number of hydrogen-bond donors (Lipinski definition) is 1. The zero-order valence-electron chi connectivity index (χ0n) is 10.9. The molecular formula is C14H17FN4. The number of rotatable bonds is 5. The predicted octanol–water partition coefficient (Wildman–Crippen LogP) is 2.03. The molecule has 0 aliphatic heterocycles. The molecule has 3 rings (SSSR count). The first-order valence-corrected chi connectivity index (χ1v) is 6.57. The van der Waals surface area contributed by atoms with Gasteiger partial charge in [0.15, 0.2) is 0 Å². The van der Waals surface area contributed by atoms with Crippen LogP contribution in [0.1, 0.15) is 29.8 Å². The summed E-state index contributed by atoms with van der Waals surface area (Å²) in [4.78, 5) is 4.27. The van der Waals surface area contributed by atoms with E-state index in [2.05, 4.69) is 15.4 Å². The van der Waals surface area contributed by atoms with Gasteiger partial charge in [-0.05, 0) is 43.0 Å². The summed E-state index contributed by atoms with van der Waals surface area (Å²) in [5, 5.41) is 7.67. The maximum atomic E-state index is 13.1. The van der Waals surface area contributed by atoms with E-state index in [1.165, 1.54) is 18.9 Å². The van der Waals surface area contributed by atoms with Crippen LogP contribution in [0.15, 0.2) is 24.5 Å². The van der Waals surface area contributed by atoms with Gasteiger partial charge in [-0.2, -0.15) is 5.10 Å². The largest absolute Gasteiger partial charge is 0.307 e. The molecule has 1 N–H and O–H groups in total. The van der Waals surface area contributed by atoms with Crippen LogP contribution in [-0.4, -0.2) is 20.8 Å². The second kappa shape index (κ2) is 5.09. The fraction of sp³-hybridized carbons (Fsp3) is 0.429. The number of benzene rings is 1. The lowest BCUT2D eigenvalue weighted by molar-refractivity contribution is 0.580. The van der Waals surface area contributed by atoms with Gasteiger partial charge in [0.1, 0.15) is 18.0 Å². The Morgan fingerprint density at radius 3 is 3.00 bits per heavy atom. The van der Waals surface area contributed by atoms with Crippen LogP contribution >= 0.6 is 0 Å². The van der Waals surface area contributed by atoms with E-state index in [-0.39, 0.29) is 5.82 Å². The second-order valence-corrected chi connectivity index (χ2v) is 5.06. The van der Waals surface area contributed by atoms with Gasteiger partial charge < -0.3 is 5.32 Å². The normalized spacial score (nSPS) is 14.8. The molecule has 19 heavy (non-hydrogen) atoms. The van der Waals surface area contributed by atoms with Crippen molar-refractivity contribution in [2.24, 2.45) is 0 Å². The summed E-state index contributed by atoms with van der Waals surface area (Å²) in [7, 11) is 0. The van der Waals surface area contributed by atoms with Gasteiger partial charge in [-0.3, -0.25) is 0 Å². The molecule has 1 aliphatic carbocycles. The highest BCUT2D eigenvalue weighted by molar-refractivity contribution is 5.26. The number of halogens is 1. The lowest BCUT2D eigenvalue weighted by atomic mass is 10.1. The predicted molar refractivity (Wildman–Crippen MR) is 70.1 cm³/mol. The van der Waals surface area contributed by atoms with Gasteiger partial charge in [-0.15, -0.1) is 0 Å². The van der Waals surface area contributed by atoms with Crippen LogP contribution in [0.25, 0.3) is 0 Å². The molecule has 2 aromatic rings. The molecular weight excluding hydrogens is 243 g/mol. The van der Waals surface area contributed by atoms with Crippen molar-refractivity contribution in [1.82, 2.24) is 20.1 Å². The Morgan fingerprint density at radius 2 is 2.26 bits per heavy atom. The summed E-state index contributed by atoms with van der Waals surface area (Å²) in [6, 6.07) is 5.50. The van der Waals surface area contributed by atoms with Crippen LogP contribution < -0.4 is 5.32 Å². The highest BCUT2D eigenvalue weighted by Crippen LogP contribution is 2.19. The van der Waals surface area contributed by atoms with Crippen LogP contribution in [0.3, 0.4) is 0 Å². The first-order valence-electron chi connectivity index (χ1n) is 6.57. The average Bonchev–Trinajstić information content (AvgIpc) is 3.11. The topological polar surface area (TPSA) is 42.7 Å². The summed E-state index contributed by atoms with van der Waals surface area (Å²) in [5.41, 5.74) is 2.01. The number of hydrogen-bond acceptors (Lipinski definition) is 3. The molecule has 4 nitrogen and oxygen atoms in total. The first-order chi connectivity index (χ1) is 9.22. The van der Waals surface area contributed by atoms with E-state index in [9.17, 15) is 4.39 Å². The third kappa shape index (κ3) is 2.98. The SMILES string of the molecule is Cc1cc(F)ccc1Cn1ncnc1CNC1CC1. The Balaban J connectivity index is 1.73. The van der Waals surface area contributed by atoms with E-state index in [4.69, 9.17) is 0 Å². The number of aromatic nitrogens is 3. The number of nitrogens with one attached hydrogen (secondary N) is 1. The van der Waals surface area contributed by atoms with Crippen molar-refractivity contribution in [1.29, 1.82) is 0 Å². The van der Waals surface area contributed by atoms with Crippen molar-refractivity contribution in [3.8, 4) is 0 Å². The Labute approximate surface area is 111 Å². The zero-order chi connectivity index (χ0) is 13.2. The fourth-order valence-corrected chi connectivity index (χ4v) is 2.08. The molecule has 0 radical (unpaired) electrons. The molecule has 5 heteroatoms. The molecule has 100 valence electrons. The van der Waals surface area contributed by atoms with Gasteiger partial charge in [0, 0.05) is 6.04 Å². The molecule has 0 spiro atoms. The van der Waals surface area contributed by atoms with Gasteiger partial charge >= 0.3 is 0 Å². The van der Waals surface area contributed by atoms with Crippen molar-refractivity contribution in [2.75, 3.05) is 0 Å². The second-order valence-electron chi connectivity index (χ2n) is 5.06. The minimum Gasteiger partial charge on any atom is -0.307 e. The number of nitrogens with zero attached hydrogens (tertiary/aromatic N) is 3. The van der Waals surface area contributed by atoms with E-state index in [1.54, 1.807) is 12.4 Å². The lowest BCUT2D eigenvalue weighted by Crippen LogP contribution is -2.19. The summed E-state index contributed by atoms with van der Waals surface area (Å²) in [6.45, 7) is 3.29. The van der Waals surface area contributed by atoms with Crippen LogP contribution in [0, 0.1) is 12.7 Å². The monoisotopic (exact) mass is 260 g/mol. The summed E-state index contributed by atoms with van der Waals surface area (Å²) >= 11 is 0. The highest BCUT2D eigenvalue weighted by Gasteiger charge is 2.21. The Bertz CT molecular complexity index is 575. The van der Waals surface area contributed by atoms with E-state index >= 15 is 0 Å². The molecule has 1 aromatic carbocycles. The quantitative estimate of drug-likeness (QED) is 0.894. The van der Waals surface area contributed by atoms with Crippen molar-refractivity contribution < 1.29 is 4.39 Å². The Morgan fingerprint density at radius 1 is 1.42 bits per heavy atom. The van der Waals surface area contributed by atoms with Crippen LogP contribution in [-0.2, 0) is 13.1 Å². The molecule has 0 saturated heterocycles. The molecule has 0 atom stereocenters. The molecule has 1 aromatic heterocycles. The van der Waals surface area contributed by atoms with Gasteiger partial charge in [0.05, 0.1) is 13.1 Å². The number of aryl methyl sites for hydroxylation is 1. The third-order valence-electron chi connectivity index (χ3n) is 3.45. The molecule has 0 unspecified atom stereocenters. The molecule has 1 aliphatic rings. The van der Waals surface area contributed by atoms with Crippen molar-refractivity contribution in [3.63, 3.8) is 0 Å². The Hall–Kier alpha value is -1.75. The summed E-state index contributed by atoms with van der Waals surface area (Å²) < 4.78 is 14.9. The fourth-order valence-electron chi connectivity index (χ4n) is 2.08. The van der Waals surface area contributed by atoms with E-state index in [0.717, 1.165) is 23.5 Å². The van der Waals surface area contributed by atoms with Gasteiger partial charge in [0.25, 0.3) is 0 Å². The van der Waals surface area contributed by atoms with Gasteiger partial charge in [0.2, 0.25) is 0 Å². The maximum Gasteiger partial charge on any atom is 0.141 e. The summed E-state index contributed by atoms with van der Waals surface area (Å²) in [6.07, 6.45) is 4.08. The van der Waals surface area contributed by atoms with Crippen molar-refractivity contribution in [3.05, 3.63) is 47.3 Å². The van der Waals surface area contributed by atoms with Crippen LogP contribution in [0.4, 0.5) is 4.39 Å². The van der Waals surface area contributed by atoms with E-state index in [0.29, 0.717) is 12.6 Å². The average molecular weight is 260 g/mol. The summed E-state index contributed by atoms with van der Waals surface area (Å²) in [5.74, 6) is 0.728. The first kappa shape index (κ1) is 12.3. The van der Waals surface area contributed by atoms with Crippen LogP contribution in [0.2, 0.25) is 0 Å². The lowest BCUT2D eigenvalue weighted by Gasteiger charge is -2.09. The molecule has 1 fully saturated rings.